The molecule has 3 nitrogen and oxygen atoms in total. The first-order chi connectivity index (χ1) is 5.35. The average Bonchev–Trinajstić information content (AvgIpc) is 2.08. The van der Waals surface area contributed by atoms with E-state index >= 15 is 0 Å². The van der Waals surface area contributed by atoms with E-state index in [0.717, 1.165) is 0 Å². The van der Waals surface area contributed by atoms with Crippen molar-refractivity contribution in [2.75, 3.05) is 0 Å². The molecule has 0 fully saturated rings. The van der Waals surface area contributed by atoms with Crippen LogP contribution in [0.3, 0.4) is 0 Å². The first-order valence-corrected chi connectivity index (χ1v) is 3.16. The zero-order valence-corrected chi connectivity index (χ0v) is 9.00. The molecule has 0 bridgehead atoms. The van der Waals surface area contributed by atoms with Crippen molar-refractivity contribution in [1.82, 2.24) is 4.98 Å². The minimum Gasteiger partial charge on any atom is -0.263 e. The van der Waals surface area contributed by atoms with Gasteiger partial charge in [-0.05, 0) is 12.1 Å². The average molecular weight is 270 g/mol. The van der Waals surface area contributed by atoms with Crippen molar-refractivity contribution in [3.05, 3.63) is 30.1 Å². The molecule has 1 rings (SSSR count). The Morgan fingerprint density at radius 3 is 2.33 bits per heavy atom. The Labute approximate surface area is 91.1 Å². The molecule has 0 aliphatic heterocycles. The number of pyridine rings is 1. The number of nitriles is 1. The number of aromatic nitrogens is 1. The summed E-state index contributed by atoms with van der Waals surface area (Å²) in [6.07, 6.45) is 3.17. The van der Waals surface area contributed by atoms with E-state index in [0.29, 0.717) is 5.56 Å². The predicted octanol–water partition coefficient (Wildman–Crippen LogP) is 1.88. The van der Waals surface area contributed by atoms with Crippen LogP contribution < -0.4 is 0 Å². The molecule has 0 atom stereocenters. The van der Waals surface area contributed by atoms with Gasteiger partial charge in [-0.2, -0.15) is 9.10 Å². The van der Waals surface area contributed by atoms with Crippen LogP contribution in [0.5, 0.6) is 0 Å². The zero-order chi connectivity index (χ0) is 8.53. The molecule has 1 heterocycles. The van der Waals surface area contributed by atoms with E-state index in [1.165, 1.54) is 6.20 Å². The van der Waals surface area contributed by atoms with E-state index in [1.807, 2.05) is 6.07 Å². The number of halogens is 2. The number of hydrogen-bond donors (Lipinski definition) is 0. The third-order valence-electron chi connectivity index (χ3n) is 0.791. The molecule has 0 amide bonds. The van der Waals surface area contributed by atoms with Crippen LogP contribution in [-0.2, 0) is 3.84 Å². The van der Waals surface area contributed by atoms with Gasteiger partial charge in [-0.3, -0.25) is 4.98 Å². The van der Waals surface area contributed by atoms with Gasteiger partial charge in [0.15, 0.2) is 0 Å². The van der Waals surface area contributed by atoms with E-state index in [4.69, 9.17) is 5.26 Å². The Balaban J connectivity index is 0. The Hall–Kier alpha value is -0.301. The molecule has 0 aliphatic rings. The van der Waals surface area contributed by atoms with Crippen molar-refractivity contribution in [3.8, 4) is 6.07 Å². The van der Waals surface area contributed by atoms with Crippen molar-refractivity contribution >= 4 is 40.8 Å². The fourth-order valence-electron chi connectivity index (χ4n) is 0.429. The zero-order valence-electron chi connectivity index (χ0n) is 5.78. The molecular formula is C6H4Cl2N2OSe. The molecule has 2 radical (unpaired) electrons. The van der Waals surface area contributed by atoms with Gasteiger partial charge in [0.25, 0.3) is 0 Å². The van der Waals surface area contributed by atoms with Gasteiger partial charge >= 0.3 is 0 Å². The van der Waals surface area contributed by atoms with Crippen LogP contribution in [-0.4, -0.2) is 22.1 Å². The second-order valence-corrected chi connectivity index (χ2v) is 1.88. The summed E-state index contributed by atoms with van der Waals surface area (Å²) in [6, 6.07) is 5.41. The van der Waals surface area contributed by atoms with Gasteiger partial charge in [-0.15, -0.1) is 0 Å². The first-order valence-electron chi connectivity index (χ1n) is 2.54. The predicted molar refractivity (Wildman–Crippen MR) is 47.5 cm³/mol. The van der Waals surface area contributed by atoms with Gasteiger partial charge < -0.3 is 0 Å². The van der Waals surface area contributed by atoms with Crippen molar-refractivity contribution in [2.24, 2.45) is 0 Å². The summed E-state index contributed by atoms with van der Waals surface area (Å²) in [7, 11) is 0. The molecule has 64 valence electrons. The summed E-state index contributed by atoms with van der Waals surface area (Å²) in [6.45, 7) is 0. The molecule has 6 heteroatoms. The van der Waals surface area contributed by atoms with E-state index < -0.39 is 0 Å². The molecule has 0 N–H and O–H groups in total. The van der Waals surface area contributed by atoms with Crippen molar-refractivity contribution in [3.63, 3.8) is 0 Å². The number of nitrogens with zero attached hydrogens (tertiary/aromatic N) is 2. The van der Waals surface area contributed by atoms with Crippen LogP contribution >= 0.6 is 23.7 Å². The Kier molecular flexibility index (Phi) is 12.7. The maximum Gasteiger partial charge on any atom is 0.101 e. The van der Waals surface area contributed by atoms with Crippen LogP contribution in [0.15, 0.2) is 24.5 Å². The van der Waals surface area contributed by atoms with Crippen molar-refractivity contribution in [1.29, 1.82) is 5.26 Å². The maximum atomic E-state index is 8.25. The molecule has 0 aromatic carbocycles. The van der Waals surface area contributed by atoms with Crippen molar-refractivity contribution < 1.29 is 3.84 Å². The first kappa shape index (κ1) is 14.2. The summed E-state index contributed by atoms with van der Waals surface area (Å²) < 4.78 is 3.19. The topological polar surface area (TPSA) is 45.9 Å². The molecular weight excluding hydrogens is 266 g/mol. The third kappa shape index (κ3) is 7.80. The summed E-state index contributed by atoms with van der Waals surface area (Å²) in [5, 5.41) is 8.25. The quantitative estimate of drug-likeness (QED) is 0.676. The van der Waals surface area contributed by atoms with Crippen molar-refractivity contribution in [2.45, 2.75) is 0 Å². The van der Waals surface area contributed by atoms with Gasteiger partial charge in [0.05, 0.1) is 29.3 Å². The van der Waals surface area contributed by atoms with Crippen LogP contribution in [0.1, 0.15) is 5.56 Å². The largest absolute Gasteiger partial charge is 0.263 e. The van der Waals surface area contributed by atoms with Gasteiger partial charge in [0.2, 0.25) is 0 Å². The monoisotopic (exact) mass is 270 g/mol. The Morgan fingerprint density at radius 2 is 2.08 bits per heavy atom. The number of hydrogen-bond acceptors (Lipinski definition) is 3. The Morgan fingerprint density at radius 1 is 1.50 bits per heavy atom. The fraction of sp³-hybridized carbons (Fsp3) is 0. The molecule has 0 saturated heterocycles. The number of rotatable bonds is 0. The smallest absolute Gasteiger partial charge is 0.101 e. The molecule has 12 heavy (non-hydrogen) atoms. The Bertz CT molecular complexity index is 227. The van der Waals surface area contributed by atoms with Gasteiger partial charge in [-0.25, -0.2) is 0 Å². The van der Waals surface area contributed by atoms with Crippen LogP contribution in [0, 0.1) is 11.3 Å². The van der Waals surface area contributed by atoms with Crippen LogP contribution in [0.2, 0.25) is 0 Å². The van der Waals surface area contributed by atoms with Crippen LogP contribution in [0.4, 0.5) is 0 Å². The second-order valence-electron chi connectivity index (χ2n) is 1.41. The molecule has 0 aliphatic carbocycles. The van der Waals surface area contributed by atoms with Gasteiger partial charge in [-0.1, -0.05) is 0 Å². The minimum absolute atomic E-state index is 0. The summed E-state index contributed by atoms with van der Waals surface area (Å²) in [5.74, 6) is 0. The van der Waals surface area contributed by atoms with E-state index in [2.05, 4.69) is 32.6 Å². The third-order valence-corrected chi connectivity index (χ3v) is 0.791. The van der Waals surface area contributed by atoms with Gasteiger partial charge in [0.1, 0.15) is 6.07 Å². The molecule has 1 aromatic rings. The maximum absolute atomic E-state index is 8.25. The van der Waals surface area contributed by atoms with E-state index in [9.17, 15) is 0 Å². The van der Waals surface area contributed by atoms with Gasteiger partial charge in [0, 0.05) is 29.5 Å². The standard InChI is InChI=1S/C6H4N2.Cl2O.Se/c7-4-6-2-1-3-8-5-6;1-3-2;/h1-3,5H;;. The SMILES string of the molecule is ClOCl.N#Cc1cccnc1.[Se]. The summed E-state index contributed by atoms with van der Waals surface area (Å²) in [4.78, 5) is 3.73. The molecule has 0 spiro atoms. The van der Waals surface area contributed by atoms with Crippen LogP contribution in [0.25, 0.3) is 0 Å². The molecule has 0 saturated carbocycles. The minimum atomic E-state index is 0. The summed E-state index contributed by atoms with van der Waals surface area (Å²) in [5.41, 5.74) is 0.604. The molecule has 1 aromatic heterocycles. The summed E-state index contributed by atoms with van der Waals surface area (Å²) >= 11 is 8.53. The van der Waals surface area contributed by atoms with E-state index in [1.54, 1.807) is 18.3 Å². The van der Waals surface area contributed by atoms with E-state index in [-0.39, 0.29) is 17.1 Å². The fourth-order valence-corrected chi connectivity index (χ4v) is 0.429. The molecule has 0 unspecified atom stereocenters. The normalized spacial score (nSPS) is 6.75. The second kappa shape index (κ2) is 10.7.